The van der Waals surface area contributed by atoms with Gasteiger partial charge in [-0.3, -0.25) is 0 Å². The van der Waals surface area contributed by atoms with Crippen molar-refractivity contribution in [1.82, 2.24) is 9.97 Å². The lowest BCUT2D eigenvalue weighted by molar-refractivity contribution is -0.139. The van der Waals surface area contributed by atoms with E-state index in [1.54, 1.807) is 13.8 Å². The summed E-state index contributed by atoms with van der Waals surface area (Å²) in [5, 5.41) is 2.96. The summed E-state index contributed by atoms with van der Waals surface area (Å²) in [6.45, 7) is 3.30. The van der Waals surface area contributed by atoms with Crippen molar-refractivity contribution in [2.24, 2.45) is 0 Å². The van der Waals surface area contributed by atoms with E-state index in [1.807, 2.05) is 12.1 Å². The van der Waals surface area contributed by atoms with E-state index in [-0.39, 0.29) is 5.95 Å². The molecular weight excluding hydrogens is 355 g/mol. The van der Waals surface area contributed by atoms with Crippen LogP contribution in [-0.4, -0.2) is 16.1 Å². The van der Waals surface area contributed by atoms with E-state index < -0.39 is 23.7 Å². The molecule has 27 heavy (non-hydrogen) atoms. The fraction of sp³-hybridized carbons (Fsp3) is 0.500. The molecule has 2 aromatic rings. The van der Waals surface area contributed by atoms with Gasteiger partial charge in [-0.25, -0.2) is 4.98 Å². The lowest BCUT2D eigenvalue weighted by Crippen LogP contribution is -2.15. The summed E-state index contributed by atoms with van der Waals surface area (Å²) in [6, 6.07) is 7.95. The van der Waals surface area contributed by atoms with Gasteiger partial charge in [0.05, 0.1) is 6.10 Å². The number of hydrogen-bond donors (Lipinski definition) is 1. The third kappa shape index (κ3) is 5.11. The van der Waals surface area contributed by atoms with Crippen LogP contribution in [0.15, 0.2) is 30.5 Å². The number of nitrogens with one attached hydrogen (secondary N) is 1. The van der Waals surface area contributed by atoms with Gasteiger partial charge in [-0.05, 0) is 50.3 Å². The molecule has 1 aliphatic rings. The monoisotopic (exact) mass is 379 g/mol. The van der Waals surface area contributed by atoms with Crippen LogP contribution in [0, 0.1) is 0 Å². The van der Waals surface area contributed by atoms with Crippen LogP contribution in [0.3, 0.4) is 0 Å². The highest BCUT2D eigenvalue weighted by atomic mass is 19.4. The van der Waals surface area contributed by atoms with Crippen LogP contribution < -0.4 is 10.1 Å². The van der Waals surface area contributed by atoms with E-state index in [0.717, 1.165) is 11.9 Å². The van der Waals surface area contributed by atoms with Gasteiger partial charge >= 0.3 is 6.18 Å². The van der Waals surface area contributed by atoms with Crippen LogP contribution in [0.25, 0.3) is 0 Å². The molecule has 0 aliphatic heterocycles. The predicted molar refractivity (Wildman–Crippen MR) is 98.3 cm³/mol. The zero-order chi connectivity index (χ0) is 19.4. The molecule has 0 saturated heterocycles. The van der Waals surface area contributed by atoms with E-state index in [0.29, 0.717) is 5.92 Å². The molecule has 1 N–H and O–H groups in total. The fourth-order valence-electron chi connectivity index (χ4n) is 3.34. The second-order valence-electron chi connectivity index (χ2n) is 7.16. The number of nitrogens with zero attached hydrogens (tertiary/aromatic N) is 2. The van der Waals surface area contributed by atoms with Crippen molar-refractivity contribution in [3.63, 3.8) is 0 Å². The predicted octanol–water partition coefficient (Wildman–Crippen LogP) is 6.07. The van der Waals surface area contributed by atoms with Crippen LogP contribution >= 0.6 is 0 Å². The number of alkyl halides is 3. The van der Waals surface area contributed by atoms with Gasteiger partial charge in [0.15, 0.2) is 0 Å². The summed E-state index contributed by atoms with van der Waals surface area (Å²) in [7, 11) is 0. The van der Waals surface area contributed by atoms with Gasteiger partial charge in [-0.1, -0.05) is 31.4 Å². The Hall–Kier alpha value is -2.31. The molecule has 1 heterocycles. The summed E-state index contributed by atoms with van der Waals surface area (Å²) >= 11 is 0. The zero-order valence-corrected chi connectivity index (χ0v) is 15.5. The Morgan fingerprint density at radius 2 is 1.74 bits per heavy atom. The van der Waals surface area contributed by atoms with Crippen LogP contribution in [0.4, 0.5) is 24.8 Å². The van der Waals surface area contributed by atoms with Crippen molar-refractivity contribution in [2.75, 3.05) is 5.32 Å². The first-order valence-electron chi connectivity index (χ1n) is 9.31. The van der Waals surface area contributed by atoms with E-state index in [1.165, 1.54) is 37.7 Å². The molecule has 3 rings (SSSR count). The lowest BCUT2D eigenvalue weighted by Gasteiger charge is -2.22. The smallest absolute Gasteiger partial charge is 0.423 e. The van der Waals surface area contributed by atoms with Crippen LogP contribution in [0.1, 0.15) is 63.0 Å². The maximum atomic E-state index is 13.1. The average molecular weight is 379 g/mol. The van der Waals surface area contributed by atoms with Crippen molar-refractivity contribution < 1.29 is 17.9 Å². The van der Waals surface area contributed by atoms with Gasteiger partial charge in [0.1, 0.15) is 5.56 Å². The Kier molecular flexibility index (Phi) is 5.87. The molecule has 4 nitrogen and oxygen atoms in total. The minimum atomic E-state index is -4.57. The Morgan fingerprint density at radius 1 is 1.07 bits per heavy atom. The number of halogens is 3. The van der Waals surface area contributed by atoms with Crippen molar-refractivity contribution in [2.45, 2.75) is 64.1 Å². The molecule has 1 aromatic carbocycles. The topological polar surface area (TPSA) is 47.0 Å². The Balaban J connectivity index is 1.76. The molecule has 1 aliphatic carbocycles. The molecule has 0 spiro atoms. The van der Waals surface area contributed by atoms with E-state index in [2.05, 4.69) is 27.4 Å². The number of rotatable bonds is 5. The second-order valence-corrected chi connectivity index (χ2v) is 7.16. The summed E-state index contributed by atoms with van der Waals surface area (Å²) in [4.78, 5) is 7.72. The van der Waals surface area contributed by atoms with Gasteiger partial charge in [0, 0.05) is 11.9 Å². The van der Waals surface area contributed by atoms with Gasteiger partial charge in [0.25, 0.3) is 0 Å². The van der Waals surface area contributed by atoms with E-state index >= 15 is 0 Å². The summed E-state index contributed by atoms with van der Waals surface area (Å²) < 4.78 is 44.5. The first-order chi connectivity index (χ1) is 12.8. The quantitative estimate of drug-likeness (QED) is 0.684. The standard InChI is InChI=1S/C20H24F3N3O/c1-13(2)27-18-17(20(21,22)23)12-24-19(26-18)25-16-10-8-15(9-11-16)14-6-4-3-5-7-14/h8-14H,3-7H2,1-2H3,(H,24,25,26). The van der Waals surface area contributed by atoms with Crippen LogP contribution in [-0.2, 0) is 6.18 Å². The first kappa shape index (κ1) is 19.5. The van der Waals surface area contributed by atoms with Gasteiger partial charge in [0.2, 0.25) is 11.8 Å². The minimum absolute atomic E-state index is 0.0732. The molecule has 7 heteroatoms. The number of aromatic nitrogens is 2. The van der Waals surface area contributed by atoms with Crippen molar-refractivity contribution in [3.8, 4) is 5.88 Å². The highest BCUT2D eigenvalue weighted by Crippen LogP contribution is 2.36. The molecule has 146 valence electrons. The second kappa shape index (κ2) is 8.15. The molecule has 1 fully saturated rings. The highest BCUT2D eigenvalue weighted by molar-refractivity contribution is 5.54. The van der Waals surface area contributed by atoms with Gasteiger partial charge in [-0.2, -0.15) is 18.2 Å². The number of ether oxygens (including phenoxy) is 1. The van der Waals surface area contributed by atoms with Crippen LogP contribution in [0.2, 0.25) is 0 Å². The Morgan fingerprint density at radius 3 is 2.33 bits per heavy atom. The fourth-order valence-corrected chi connectivity index (χ4v) is 3.34. The summed E-state index contributed by atoms with van der Waals surface area (Å²) in [6.07, 6.45) is 2.03. The molecule has 0 bridgehead atoms. The summed E-state index contributed by atoms with van der Waals surface area (Å²) in [5.74, 6) is 0.207. The number of hydrogen-bond acceptors (Lipinski definition) is 4. The first-order valence-corrected chi connectivity index (χ1v) is 9.31. The van der Waals surface area contributed by atoms with E-state index in [9.17, 15) is 13.2 Å². The molecule has 1 aromatic heterocycles. The molecule has 0 atom stereocenters. The van der Waals surface area contributed by atoms with Gasteiger partial charge < -0.3 is 10.1 Å². The van der Waals surface area contributed by atoms with Crippen molar-refractivity contribution in [3.05, 3.63) is 41.6 Å². The third-order valence-corrected chi connectivity index (χ3v) is 4.65. The lowest BCUT2D eigenvalue weighted by atomic mass is 9.84. The molecule has 0 radical (unpaired) electrons. The average Bonchev–Trinajstić information content (AvgIpc) is 2.62. The SMILES string of the molecule is CC(C)Oc1nc(Nc2ccc(C3CCCCC3)cc2)ncc1C(F)(F)F. The maximum absolute atomic E-state index is 13.1. The van der Waals surface area contributed by atoms with E-state index in [4.69, 9.17) is 4.74 Å². The van der Waals surface area contributed by atoms with Gasteiger partial charge in [-0.15, -0.1) is 0 Å². The van der Waals surface area contributed by atoms with Crippen LogP contribution in [0.5, 0.6) is 5.88 Å². The molecular formula is C20H24F3N3O. The Bertz CT molecular complexity index is 754. The number of benzene rings is 1. The maximum Gasteiger partial charge on any atom is 0.423 e. The third-order valence-electron chi connectivity index (χ3n) is 4.65. The summed E-state index contributed by atoms with van der Waals surface area (Å²) in [5.41, 5.74) is 1.05. The minimum Gasteiger partial charge on any atom is -0.474 e. The number of anilines is 2. The van der Waals surface area contributed by atoms with Crippen molar-refractivity contribution in [1.29, 1.82) is 0 Å². The van der Waals surface area contributed by atoms with Crippen molar-refractivity contribution >= 4 is 11.6 Å². The molecule has 0 unspecified atom stereocenters. The zero-order valence-electron chi connectivity index (χ0n) is 15.5. The highest BCUT2D eigenvalue weighted by Gasteiger charge is 2.36. The Labute approximate surface area is 157 Å². The normalized spacial score (nSPS) is 15.8. The molecule has 0 amide bonds. The largest absolute Gasteiger partial charge is 0.474 e. The molecule has 1 saturated carbocycles.